The summed E-state index contributed by atoms with van der Waals surface area (Å²) in [5.41, 5.74) is -0.0954. The molecule has 0 aliphatic rings. The van der Waals surface area contributed by atoms with Crippen LogP contribution in [0.3, 0.4) is 0 Å². The number of carbonyl (C=O) groups excluding carboxylic acids is 1. The summed E-state index contributed by atoms with van der Waals surface area (Å²) in [6, 6.07) is 9.73. The molecule has 114 valence electrons. The van der Waals surface area contributed by atoms with E-state index in [1.54, 1.807) is 21.0 Å². The van der Waals surface area contributed by atoms with Crippen LogP contribution in [0.25, 0.3) is 0 Å². The maximum atomic E-state index is 12.1. The van der Waals surface area contributed by atoms with E-state index in [4.69, 9.17) is 9.47 Å². The predicted octanol–water partition coefficient (Wildman–Crippen LogP) is 3.46. The predicted molar refractivity (Wildman–Crippen MR) is 81.0 cm³/mol. The Kier molecular flexibility index (Phi) is 6.23. The zero-order valence-electron chi connectivity index (χ0n) is 13.2. The molecule has 0 saturated carbocycles. The third-order valence-electron chi connectivity index (χ3n) is 3.81. The summed E-state index contributed by atoms with van der Waals surface area (Å²) in [5.74, 6) is -0.191. The minimum Gasteiger partial charge on any atom is -0.497 e. The first-order valence-corrected chi connectivity index (χ1v) is 7.28. The zero-order valence-corrected chi connectivity index (χ0v) is 13.2. The van der Waals surface area contributed by atoms with Crippen LogP contribution < -0.4 is 4.74 Å². The van der Waals surface area contributed by atoms with Crippen molar-refractivity contribution in [2.45, 2.75) is 39.0 Å². The van der Waals surface area contributed by atoms with E-state index in [-0.39, 0.29) is 5.97 Å². The number of hydrogen-bond acceptors (Lipinski definition) is 4. The number of esters is 1. The Bertz CT molecular complexity index is 521. The lowest BCUT2D eigenvalue weighted by Gasteiger charge is -2.32. The van der Waals surface area contributed by atoms with E-state index in [2.05, 4.69) is 6.07 Å². The summed E-state index contributed by atoms with van der Waals surface area (Å²) in [6.07, 6.45) is 1.39. The topological polar surface area (TPSA) is 59.3 Å². The maximum Gasteiger partial charge on any atom is 0.310 e. The van der Waals surface area contributed by atoms with Crippen LogP contribution in [-0.2, 0) is 14.9 Å². The van der Waals surface area contributed by atoms with E-state index in [1.165, 1.54) is 0 Å². The summed E-state index contributed by atoms with van der Waals surface area (Å²) >= 11 is 0. The number of carbonyl (C=O) groups is 1. The largest absolute Gasteiger partial charge is 0.497 e. The van der Waals surface area contributed by atoms with Crippen molar-refractivity contribution in [1.82, 2.24) is 0 Å². The van der Waals surface area contributed by atoms with E-state index in [1.807, 2.05) is 31.2 Å². The average molecular weight is 289 g/mol. The summed E-state index contributed by atoms with van der Waals surface area (Å²) in [7, 11) is 1.59. The molecule has 0 aromatic heterocycles. The molecule has 4 nitrogen and oxygen atoms in total. The highest BCUT2D eigenvalue weighted by Gasteiger charge is 2.42. The smallest absolute Gasteiger partial charge is 0.310 e. The van der Waals surface area contributed by atoms with E-state index in [0.29, 0.717) is 18.8 Å². The molecular formula is C17H23NO3. The first-order chi connectivity index (χ1) is 10.1. The van der Waals surface area contributed by atoms with Crippen LogP contribution in [0, 0.1) is 17.2 Å². The fourth-order valence-corrected chi connectivity index (χ4v) is 2.59. The SMILES string of the molecule is CCC[C@](C#N)(c1cccc(OC)c1)[C@H](C)C(=O)OCC. The molecule has 0 heterocycles. The molecule has 1 rings (SSSR count). The molecule has 0 radical (unpaired) electrons. The normalized spacial score (nSPS) is 14.6. The van der Waals surface area contributed by atoms with Crippen molar-refractivity contribution < 1.29 is 14.3 Å². The van der Waals surface area contributed by atoms with Crippen molar-refractivity contribution in [2.24, 2.45) is 5.92 Å². The lowest BCUT2D eigenvalue weighted by molar-refractivity contribution is -0.149. The van der Waals surface area contributed by atoms with Crippen LogP contribution in [-0.4, -0.2) is 19.7 Å². The highest BCUT2D eigenvalue weighted by atomic mass is 16.5. The van der Waals surface area contributed by atoms with Gasteiger partial charge in [-0.25, -0.2) is 0 Å². The van der Waals surface area contributed by atoms with Crippen LogP contribution in [0.4, 0.5) is 0 Å². The van der Waals surface area contributed by atoms with Crippen molar-refractivity contribution in [1.29, 1.82) is 5.26 Å². The average Bonchev–Trinajstić information content (AvgIpc) is 2.52. The molecule has 21 heavy (non-hydrogen) atoms. The van der Waals surface area contributed by atoms with Gasteiger partial charge in [-0.15, -0.1) is 0 Å². The van der Waals surface area contributed by atoms with Crippen LogP contribution in [0.15, 0.2) is 24.3 Å². The van der Waals surface area contributed by atoms with Crippen molar-refractivity contribution in [3.8, 4) is 11.8 Å². The van der Waals surface area contributed by atoms with Gasteiger partial charge in [0.1, 0.15) is 5.75 Å². The fraction of sp³-hybridized carbons (Fsp3) is 0.529. The van der Waals surface area contributed by atoms with Gasteiger partial charge in [-0.1, -0.05) is 32.4 Å². The number of nitrogens with zero attached hydrogens (tertiary/aromatic N) is 1. The van der Waals surface area contributed by atoms with Crippen LogP contribution in [0.5, 0.6) is 5.75 Å². The van der Waals surface area contributed by atoms with Crippen molar-refractivity contribution >= 4 is 5.97 Å². The first-order valence-electron chi connectivity index (χ1n) is 7.28. The molecule has 0 unspecified atom stereocenters. The maximum absolute atomic E-state index is 12.1. The molecular weight excluding hydrogens is 266 g/mol. The first kappa shape index (κ1) is 17.0. The Balaban J connectivity index is 3.31. The second-order valence-corrected chi connectivity index (χ2v) is 5.04. The van der Waals surface area contributed by atoms with Gasteiger partial charge in [-0.05, 0) is 31.0 Å². The monoisotopic (exact) mass is 289 g/mol. The van der Waals surface area contributed by atoms with Crippen molar-refractivity contribution in [3.63, 3.8) is 0 Å². The third kappa shape index (κ3) is 3.55. The molecule has 0 aliphatic carbocycles. The minimum absolute atomic E-state index is 0.314. The van der Waals surface area contributed by atoms with Crippen LogP contribution in [0.1, 0.15) is 39.2 Å². The van der Waals surface area contributed by atoms with Gasteiger partial charge in [0.2, 0.25) is 0 Å². The van der Waals surface area contributed by atoms with Gasteiger partial charge in [0.15, 0.2) is 0 Å². The number of hydrogen-bond donors (Lipinski definition) is 0. The minimum atomic E-state index is -0.893. The van der Waals surface area contributed by atoms with E-state index < -0.39 is 11.3 Å². The Morgan fingerprint density at radius 1 is 1.43 bits per heavy atom. The number of nitriles is 1. The van der Waals surface area contributed by atoms with Gasteiger partial charge in [-0.2, -0.15) is 5.26 Å². The molecule has 4 heteroatoms. The third-order valence-corrected chi connectivity index (χ3v) is 3.81. The molecule has 0 bridgehead atoms. The Hall–Kier alpha value is -2.02. The van der Waals surface area contributed by atoms with Gasteiger partial charge < -0.3 is 9.47 Å². The van der Waals surface area contributed by atoms with Crippen molar-refractivity contribution in [2.75, 3.05) is 13.7 Å². The Morgan fingerprint density at radius 3 is 2.67 bits per heavy atom. The summed E-state index contributed by atoms with van der Waals surface area (Å²) in [5, 5.41) is 9.81. The number of ether oxygens (including phenoxy) is 2. The standard InChI is InChI=1S/C17H23NO3/c1-5-10-17(12-18,13(3)16(19)21-6-2)14-8-7-9-15(11-14)20-4/h7-9,11,13H,5-6,10H2,1-4H3/t13-,17-/m1/s1. The highest BCUT2D eigenvalue weighted by Crippen LogP contribution is 2.38. The van der Waals surface area contributed by atoms with Crippen LogP contribution in [0.2, 0.25) is 0 Å². The van der Waals surface area contributed by atoms with Gasteiger partial charge in [0, 0.05) is 0 Å². The number of methoxy groups -OCH3 is 1. The van der Waals surface area contributed by atoms with Gasteiger partial charge in [-0.3, -0.25) is 4.79 Å². The lowest BCUT2D eigenvalue weighted by Crippen LogP contribution is -2.38. The zero-order chi connectivity index (χ0) is 15.9. The van der Waals surface area contributed by atoms with Crippen molar-refractivity contribution in [3.05, 3.63) is 29.8 Å². The van der Waals surface area contributed by atoms with E-state index in [9.17, 15) is 10.1 Å². The highest BCUT2D eigenvalue weighted by molar-refractivity contribution is 5.75. The van der Waals surface area contributed by atoms with Gasteiger partial charge in [0.25, 0.3) is 0 Å². The molecule has 1 aromatic carbocycles. The molecule has 0 amide bonds. The lowest BCUT2D eigenvalue weighted by atomic mass is 9.69. The quantitative estimate of drug-likeness (QED) is 0.721. The van der Waals surface area contributed by atoms with Crippen LogP contribution >= 0.6 is 0 Å². The molecule has 0 N–H and O–H groups in total. The molecule has 0 aliphatic heterocycles. The molecule has 1 aromatic rings. The Morgan fingerprint density at radius 2 is 2.14 bits per heavy atom. The summed E-state index contributed by atoms with van der Waals surface area (Å²) < 4.78 is 10.3. The number of rotatable bonds is 7. The molecule has 2 atom stereocenters. The van der Waals surface area contributed by atoms with Gasteiger partial charge in [0.05, 0.1) is 31.1 Å². The van der Waals surface area contributed by atoms with E-state index in [0.717, 1.165) is 12.0 Å². The number of benzene rings is 1. The summed E-state index contributed by atoms with van der Waals surface area (Å²) in [4.78, 5) is 12.1. The second-order valence-electron chi connectivity index (χ2n) is 5.04. The van der Waals surface area contributed by atoms with Gasteiger partial charge >= 0.3 is 5.97 Å². The Labute approximate surface area is 126 Å². The molecule has 0 fully saturated rings. The molecule has 0 saturated heterocycles. The molecule has 0 spiro atoms. The fourth-order valence-electron chi connectivity index (χ4n) is 2.59. The van der Waals surface area contributed by atoms with E-state index >= 15 is 0 Å². The second kappa shape index (κ2) is 7.68. The summed E-state index contributed by atoms with van der Waals surface area (Å²) in [6.45, 7) is 5.85.